The topological polar surface area (TPSA) is 107 Å². The smallest absolute Gasteiger partial charge is 0.259 e. The molecule has 0 aliphatic carbocycles. The molecule has 0 bridgehead atoms. The number of nitrogens with zero attached hydrogens (tertiary/aromatic N) is 2. The molecule has 8 heteroatoms. The molecule has 174 valence electrons. The predicted octanol–water partition coefficient (Wildman–Crippen LogP) is 3.43. The molecule has 0 fully saturated rings. The second-order valence-electron chi connectivity index (χ2n) is 7.70. The van der Waals surface area contributed by atoms with Gasteiger partial charge in [0, 0.05) is 11.4 Å². The number of rotatable bonds is 10. The van der Waals surface area contributed by atoms with Crippen LogP contribution in [-0.2, 0) is 9.59 Å². The highest BCUT2D eigenvalue weighted by Gasteiger charge is 2.01. The predicted molar refractivity (Wildman–Crippen MR) is 137 cm³/mol. The molecule has 4 N–H and O–H groups in total. The van der Waals surface area contributed by atoms with E-state index in [0.29, 0.717) is 0 Å². The van der Waals surface area contributed by atoms with Crippen LogP contribution in [-0.4, -0.2) is 37.3 Å². The fourth-order valence-corrected chi connectivity index (χ4v) is 2.98. The van der Waals surface area contributed by atoms with Gasteiger partial charge >= 0.3 is 0 Å². The van der Waals surface area contributed by atoms with Crippen molar-refractivity contribution >= 4 is 35.6 Å². The molecule has 0 spiro atoms. The van der Waals surface area contributed by atoms with Crippen molar-refractivity contribution in [2.45, 2.75) is 13.8 Å². The summed E-state index contributed by atoms with van der Waals surface area (Å²) in [6.45, 7) is 4.24. The Bertz CT molecular complexity index is 1080. The number of carbonyl (C=O) groups is 2. The van der Waals surface area contributed by atoms with Gasteiger partial charge in [-0.1, -0.05) is 48.5 Å². The van der Waals surface area contributed by atoms with Crippen molar-refractivity contribution in [2.24, 2.45) is 10.2 Å². The van der Waals surface area contributed by atoms with Crippen molar-refractivity contribution in [1.29, 1.82) is 0 Å². The normalized spacial score (nSPS) is 10.9. The van der Waals surface area contributed by atoms with Crippen LogP contribution in [0.15, 0.2) is 83.0 Å². The van der Waals surface area contributed by atoms with E-state index in [1.165, 1.54) is 0 Å². The lowest BCUT2D eigenvalue weighted by Crippen LogP contribution is -2.25. The summed E-state index contributed by atoms with van der Waals surface area (Å²) in [7, 11) is 0. The molecule has 3 aromatic rings. The Morgan fingerprint density at radius 1 is 0.676 bits per heavy atom. The van der Waals surface area contributed by atoms with E-state index in [4.69, 9.17) is 0 Å². The van der Waals surface area contributed by atoms with Gasteiger partial charge in [-0.15, -0.1) is 0 Å². The summed E-state index contributed by atoms with van der Waals surface area (Å²) >= 11 is 0. The summed E-state index contributed by atoms with van der Waals surface area (Å²) in [5, 5.41) is 14.1. The highest BCUT2D eigenvalue weighted by Crippen LogP contribution is 2.09. The van der Waals surface area contributed by atoms with Crippen LogP contribution in [0.1, 0.15) is 22.3 Å². The monoisotopic (exact) mass is 456 g/mol. The third-order valence-corrected chi connectivity index (χ3v) is 4.68. The van der Waals surface area contributed by atoms with Crippen molar-refractivity contribution in [3.8, 4) is 0 Å². The van der Waals surface area contributed by atoms with Crippen LogP contribution in [0.5, 0.6) is 0 Å². The van der Waals surface area contributed by atoms with Crippen molar-refractivity contribution in [3.05, 3.63) is 95.1 Å². The van der Waals surface area contributed by atoms with Crippen molar-refractivity contribution < 1.29 is 9.59 Å². The standard InChI is InChI=1S/C26H28N6O2/c1-19-5-3-7-23(13-19)27-17-25(33)31-29-15-21-9-11-22(12-10-21)16-30-32-26(34)18-28-24-8-4-6-20(2)14-24/h3-16,27-28H,17-18H2,1-2H3,(H,31,33)(H,32,34)/b29-15+,30-16+. The average Bonchev–Trinajstić information content (AvgIpc) is 2.83. The number of benzene rings is 3. The van der Waals surface area contributed by atoms with Gasteiger partial charge in [0.2, 0.25) is 0 Å². The lowest BCUT2D eigenvalue weighted by molar-refractivity contribution is -0.120. The molecule has 0 aliphatic rings. The number of amides is 2. The maximum absolute atomic E-state index is 11.9. The molecule has 0 unspecified atom stereocenters. The minimum Gasteiger partial charge on any atom is -0.376 e. The Morgan fingerprint density at radius 3 is 1.47 bits per heavy atom. The highest BCUT2D eigenvalue weighted by molar-refractivity contribution is 5.87. The lowest BCUT2D eigenvalue weighted by Gasteiger charge is -2.06. The molecule has 0 aliphatic heterocycles. The summed E-state index contributed by atoms with van der Waals surface area (Å²) in [4.78, 5) is 23.8. The molecule has 0 saturated heterocycles. The average molecular weight is 457 g/mol. The second kappa shape index (κ2) is 12.5. The Hall–Kier alpha value is -4.46. The number of aryl methyl sites for hydroxylation is 2. The summed E-state index contributed by atoms with van der Waals surface area (Å²) in [5.41, 5.74) is 10.6. The summed E-state index contributed by atoms with van der Waals surface area (Å²) in [6.07, 6.45) is 3.12. The largest absolute Gasteiger partial charge is 0.376 e. The Kier molecular flexibility index (Phi) is 8.92. The van der Waals surface area contributed by atoms with Crippen molar-refractivity contribution in [2.75, 3.05) is 23.7 Å². The Balaban J connectivity index is 1.37. The lowest BCUT2D eigenvalue weighted by atomic mass is 10.2. The molecule has 2 amide bonds. The van der Waals surface area contributed by atoms with E-state index in [9.17, 15) is 9.59 Å². The van der Waals surface area contributed by atoms with E-state index >= 15 is 0 Å². The maximum atomic E-state index is 11.9. The van der Waals surface area contributed by atoms with Gasteiger partial charge in [-0.05, 0) is 60.4 Å². The maximum Gasteiger partial charge on any atom is 0.259 e. The van der Waals surface area contributed by atoms with Crippen LogP contribution in [0.4, 0.5) is 11.4 Å². The number of hydrogen-bond acceptors (Lipinski definition) is 6. The first-order chi connectivity index (χ1) is 16.5. The summed E-state index contributed by atoms with van der Waals surface area (Å²) < 4.78 is 0. The van der Waals surface area contributed by atoms with E-state index in [2.05, 4.69) is 31.7 Å². The van der Waals surface area contributed by atoms with Gasteiger partial charge in [-0.2, -0.15) is 10.2 Å². The van der Waals surface area contributed by atoms with Crippen LogP contribution >= 0.6 is 0 Å². The molecule has 34 heavy (non-hydrogen) atoms. The second-order valence-corrected chi connectivity index (χ2v) is 7.70. The number of hydrazone groups is 2. The van der Waals surface area contributed by atoms with E-state index < -0.39 is 0 Å². The SMILES string of the molecule is Cc1cccc(NCC(=O)N/N=C/c2ccc(/C=N/NC(=O)CNc3cccc(C)c3)cc2)c1. The molecule has 0 aromatic heterocycles. The molecular formula is C26H28N6O2. The van der Waals surface area contributed by atoms with Gasteiger partial charge in [0.1, 0.15) is 0 Å². The molecule has 0 heterocycles. The first-order valence-corrected chi connectivity index (χ1v) is 10.8. The molecule has 0 atom stereocenters. The van der Waals surface area contributed by atoms with Crippen LogP contribution in [0, 0.1) is 13.8 Å². The van der Waals surface area contributed by atoms with E-state index in [1.807, 2.05) is 86.6 Å². The molecule has 8 nitrogen and oxygen atoms in total. The Labute approximate surface area is 199 Å². The van der Waals surface area contributed by atoms with Crippen molar-refractivity contribution in [1.82, 2.24) is 10.9 Å². The molecule has 0 radical (unpaired) electrons. The third kappa shape index (κ3) is 8.58. The molecule has 3 rings (SSSR count). The zero-order valence-electron chi connectivity index (χ0n) is 19.2. The van der Waals surface area contributed by atoms with Gasteiger partial charge in [0.25, 0.3) is 11.8 Å². The van der Waals surface area contributed by atoms with Crippen LogP contribution < -0.4 is 21.5 Å². The minimum absolute atomic E-state index is 0.127. The van der Waals surface area contributed by atoms with E-state index in [0.717, 1.165) is 33.6 Å². The summed E-state index contributed by atoms with van der Waals surface area (Å²) in [6, 6.07) is 22.9. The van der Waals surface area contributed by atoms with Crippen molar-refractivity contribution in [3.63, 3.8) is 0 Å². The minimum atomic E-state index is -0.242. The Morgan fingerprint density at radius 2 is 1.09 bits per heavy atom. The van der Waals surface area contributed by atoms with Gasteiger partial charge in [0.15, 0.2) is 0 Å². The van der Waals surface area contributed by atoms with Gasteiger partial charge in [-0.25, -0.2) is 10.9 Å². The fraction of sp³-hybridized carbons (Fsp3) is 0.154. The van der Waals surface area contributed by atoms with Gasteiger partial charge < -0.3 is 10.6 Å². The quantitative estimate of drug-likeness (QED) is 0.277. The first kappa shape index (κ1) is 24.2. The number of carbonyl (C=O) groups excluding carboxylic acids is 2. The summed E-state index contributed by atoms with van der Waals surface area (Å²) in [5.74, 6) is -0.483. The zero-order chi connectivity index (χ0) is 24.2. The number of nitrogens with one attached hydrogen (secondary N) is 4. The first-order valence-electron chi connectivity index (χ1n) is 10.8. The van der Waals surface area contributed by atoms with Crippen LogP contribution in [0.3, 0.4) is 0 Å². The number of anilines is 2. The molecule has 0 saturated carbocycles. The zero-order valence-corrected chi connectivity index (χ0v) is 19.2. The van der Waals surface area contributed by atoms with Crippen LogP contribution in [0.2, 0.25) is 0 Å². The van der Waals surface area contributed by atoms with Crippen LogP contribution in [0.25, 0.3) is 0 Å². The highest BCUT2D eigenvalue weighted by atomic mass is 16.2. The van der Waals surface area contributed by atoms with E-state index in [-0.39, 0.29) is 24.9 Å². The molecule has 3 aromatic carbocycles. The van der Waals surface area contributed by atoms with Gasteiger partial charge in [0.05, 0.1) is 25.5 Å². The number of hydrogen-bond donors (Lipinski definition) is 4. The van der Waals surface area contributed by atoms with Gasteiger partial charge in [-0.3, -0.25) is 9.59 Å². The third-order valence-electron chi connectivity index (χ3n) is 4.68. The molecular weight excluding hydrogens is 428 g/mol. The van der Waals surface area contributed by atoms with E-state index in [1.54, 1.807) is 12.4 Å². The fourth-order valence-electron chi connectivity index (χ4n) is 2.98.